The van der Waals surface area contributed by atoms with E-state index in [-0.39, 0.29) is 42.7 Å². The zero-order valence-corrected chi connectivity index (χ0v) is 19.8. The van der Waals surface area contributed by atoms with Crippen LogP contribution in [0.2, 0.25) is 5.02 Å². The van der Waals surface area contributed by atoms with Gasteiger partial charge in [-0.2, -0.15) is 0 Å². The number of hydrogen-bond donors (Lipinski definition) is 1. The van der Waals surface area contributed by atoms with E-state index in [0.717, 1.165) is 5.56 Å². The molecule has 1 saturated heterocycles. The Balaban J connectivity index is 1.69. The van der Waals surface area contributed by atoms with Crippen molar-refractivity contribution in [3.05, 3.63) is 65.2 Å². The number of nitrogens with one attached hydrogen (secondary N) is 1. The molecule has 7 nitrogen and oxygen atoms in total. The van der Waals surface area contributed by atoms with Crippen molar-refractivity contribution in [2.24, 2.45) is 5.92 Å². The summed E-state index contributed by atoms with van der Waals surface area (Å²) in [6.07, 6.45) is 0.597. The van der Waals surface area contributed by atoms with Crippen LogP contribution in [0, 0.1) is 5.92 Å². The van der Waals surface area contributed by atoms with Crippen molar-refractivity contribution < 1.29 is 19.1 Å². The maximum Gasteiger partial charge on any atom is 0.241 e. The van der Waals surface area contributed by atoms with E-state index in [0.29, 0.717) is 36.8 Å². The third-order valence-electron chi connectivity index (χ3n) is 5.71. The summed E-state index contributed by atoms with van der Waals surface area (Å²) in [5.41, 5.74) is 1.05. The minimum atomic E-state index is -0.253. The maximum atomic E-state index is 13.0. The summed E-state index contributed by atoms with van der Waals surface area (Å²) >= 11 is 6.10. The van der Waals surface area contributed by atoms with Gasteiger partial charge < -0.3 is 19.9 Å². The van der Waals surface area contributed by atoms with E-state index < -0.39 is 0 Å². The Morgan fingerprint density at radius 2 is 1.91 bits per heavy atom. The van der Waals surface area contributed by atoms with E-state index in [1.807, 2.05) is 42.5 Å². The van der Waals surface area contributed by atoms with Crippen molar-refractivity contribution in [1.29, 1.82) is 0 Å². The van der Waals surface area contributed by atoms with Gasteiger partial charge in [-0.15, -0.1) is 0 Å². The minimum Gasteiger partial charge on any atom is -0.490 e. The molecule has 2 aromatic rings. The van der Waals surface area contributed by atoms with E-state index in [9.17, 15) is 14.4 Å². The summed E-state index contributed by atoms with van der Waals surface area (Å²) < 4.78 is 6.21. The van der Waals surface area contributed by atoms with Crippen molar-refractivity contribution >= 4 is 29.3 Å². The molecule has 0 spiro atoms. The molecule has 176 valence electrons. The number of hydrogen-bond acceptors (Lipinski definition) is 4. The summed E-state index contributed by atoms with van der Waals surface area (Å²) in [6, 6.07) is 17.0. The van der Waals surface area contributed by atoms with Gasteiger partial charge in [0.05, 0.1) is 6.54 Å². The molecule has 0 aromatic heterocycles. The lowest BCUT2D eigenvalue weighted by Gasteiger charge is -2.39. The molecule has 8 heteroatoms. The molecule has 1 aliphatic rings. The van der Waals surface area contributed by atoms with Crippen molar-refractivity contribution in [3.8, 4) is 5.75 Å². The minimum absolute atomic E-state index is 0.0142. The van der Waals surface area contributed by atoms with Crippen molar-refractivity contribution in [1.82, 2.24) is 15.1 Å². The molecule has 0 radical (unpaired) electrons. The average molecular weight is 472 g/mol. The van der Waals surface area contributed by atoms with Crippen LogP contribution in [0.25, 0.3) is 0 Å². The van der Waals surface area contributed by atoms with Crippen LogP contribution in [0.15, 0.2) is 54.6 Å². The molecule has 1 heterocycles. The SMILES string of the molecule is CC(=O)NCC(=O)N1CC[C@H](Oc2cccc(Cl)c2)[C@@H](CC(=O)N(C)Cc2ccccc2)C1. The normalized spacial score (nSPS) is 17.8. The van der Waals surface area contributed by atoms with Gasteiger partial charge in [0.1, 0.15) is 11.9 Å². The Morgan fingerprint density at radius 3 is 2.61 bits per heavy atom. The van der Waals surface area contributed by atoms with Crippen LogP contribution < -0.4 is 10.1 Å². The molecule has 3 rings (SSSR count). The molecule has 2 atom stereocenters. The quantitative estimate of drug-likeness (QED) is 0.641. The molecule has 1 aliphatic heterocycles. The Hall–Kier alpha value is -3.06. The lowest BCUT2D eigenvalue weighted by Crippen LogP contribution is -2.51. The highest BCUT2D eigenvalue weighted by Crippen LogP contribution is 2.28. The first-order chi connectivity index (χ1) is 15.8. The molecule has 2 aromatic carbocycles. The van der Waals surface area contributed by atoms with Crippen LogP contribution in [0.1, 0.15) is 25.3 Å². The van der Waals surface area contributed by atoms with Crippen LogP contribution in [0.5, 0.6) is 5.75 Å². The van der Waals surface area contributed by atoms with Gasteiger partial charge in [-0.3, -0.25) is 14.4 Å². The van der Waals surface area contributed by atoms with Gasteiger partial charge >= 0.3 is 0 Å². The number of carbonyl (C=O) groups excluding carboxylic acids is 3. The van der Waals surface area contributed by atoms with Crippen LogP contribution in [0.4, 0.5) is 0 Å². The molecular weight excluding hydrogens is 442 g/mol. The van der Waals surface area contributed by atoms with Crippen LogP contribution in [-0.4, -0.2) is 60.3 Å². The number of piperidine rings is 1. The summed E-state index contributed by atoms with van der Waals surface area (Å²) in [7, 11) is 1.78. The number of carbonyl (C=O) groups is 3. The standard InChI is InChI=1S/C25H30ClN3O4/c1-18(30)27-15-25(32)29-12-11-23(33-22-10-6-9-21(26)14-22)20(17-29)13-24(31)28(2)16-19-7-4-3-5-8-19/h3-10,14,20,23H,11-13,15-17H2,1-2H3,(H,27,30)/t20-,23-/m0/s1. The maximum absolute atomic E-state index is 13.0. The van der Waals surface area contributed by atoms with Gasteiger partial charge in [0.2, 0.25) is 17.7 Å². The zero-order valence-electron chi connectivity index (χ0n) is 19.0. The monoisotopic (exact) mass is 471 g/mol. The number of amides is 3. The third kappa shape index (κ3) is 7.49. The molecule has 1 N–H and O–H groups in total. The Bertz CT molecular complexity index is 969. The van der Waals surface area contributed by atoms with E-state index in [4.69, 9.17) is 16.3 Å². The molecule has 3 amide bonds. The number of rotatable bonds is 8. The van der Waals surface area contributed by atoms with Gasteiger partial charge in [-0.05, 0) is 23.8 Å². The molecule has 33 heavy (non-hydrogen) atoms. The highest BCUT2D eigenvalue weighted by Gasteiger charge is 2.35. The highest BCUT2D eigenvalue weighted by atomic mass is 35.5. The lowest BCUT2D eigenvalue weighted by molar-refractivity contribution is -0.139. The van der Waals surface area contributed by atoms with E-state index >= 15 is 0 Å². The molecule has 0 unspecified atom stereocenters. The largest absolute Gasteiger partial charge is 0.490 e. The van der Waals surface area contributed by atoms with E-state index in [1.165, 1.54) is 6.92 Å². The molecule has 0 aliphatic carbocycles. The molecular formula is C25H30ClN3O4. The summed E-state index contributed by atoms with van der Waals surface area (Å²) in [5, 5.41) is 3.12. The number of benzene rings is 2. The highest BCUT2D eigenvalue weighted by molar-refractivity contribution is 6.30. The van der Waals surface area contributed by atoms with Gasteiger partial charge in [-0.1, -0.05) is 48.0 Å². The average Bonchev–Trinajstić information content (AvgIpc) is 2.79. The first kappa shape index (κ1) is 24.6. The Kier molecular flexibility index (Phi) is 8.72. The first-order valence-electron chi connectivity index (χ1n) is 11.0. The van der Waals surface area contributed by atoms with Gasteiger partial charge in [0.25, 0.3) is 0 Å². The van der Waals surface area contributed by atoms with Crippen LogP contribution in [-0.2, 0) is 20.9 Å². The predicted molar refractivity (Wildman–Crippen MR) is 127 cm³/mol. The summed E-state index contributed by atoms with van der Waals surface area (Å²) in [4.78, 5) is 40.2. The first-order valence-corrected chi connectivity index (χ1v) is 11.4. The second-order valence-corrected chi connectivity index (χ2v) is 8.79. The number of nitrogens with zero attached hydrogens (tertiary/aromatic N) is 2. The molecule has 0 saturated carbocycles. The van der Waals surface area contributed by atoms with Crippen molar-refractivity contribution in [2.75, 3.05) is 26.7 Å². The van der Waals surface area contributed by atoms with Gasteiger partial charge in [0, 0.05) is 57.4 Å². The second-order valence-electron chi connectivity index (χ2n) is 8.35. The smallest absolute Gasteiger partial charge is 0.241 e. The van der Waals surface area contributed by atoms with Crippen molar-refractivity contribution in [2.45, 2.75) is 32.4 Å². The fraction of sp³-hybridized carbons (Fsp3) is 0.400. The fourth-order valence-corrected chi connectivity index (χ4v) is 4.12. The van der Waals surface area contributed by atoms with Crippen molar-refractivity contribution in [3.63, 3.8) is 0 Å². The predicted octanol–water partition coefficient (Wildman–Crippen LogP) is 3.12. The van der Waals surface area contributed by atoms with E-state index in [2.05, 4.69) is 5.32 Å². The van der Waals surface area contributed by atoms with Crippen LogP contribution >= 0.6 is 11.6 Å². The third-order valence-corrected chi connectivity index (χ3v) is 5.95. The fourth-order valence-electron chi connectivity index (χ4n) is 3.94. The lowest BCUT2D eigenvalue weighted by atomic mass is 9.90. The van der Waals surface area contributed by atoms with E-state index in [1.54, 1.807) is 29.0 Å². The number of halogens is 1. The van der Waals surface area contributed by atoms with Crippen LogP contribution in [0.3, 0.4) is 0 Å². The van der Waals surface area contributed by atoms with Gasteiger partial charge in [0.15, 0.2) is 0 Å². The molecule has 0 bridgehead atoms. The zero-order chi connectivity index (χ0) is 23.8. The Morgan fingerprint density at radius 1 is 1.15 bits per heavy atom. The van der Waals surface area contributed by atoms with Gasteiger partial charge in [-0.25, -0.2) is 0 Å². The summed E-state index contributed by atoms with van der Waals surface area (Å²) in [5.74, 6) is 0.0170. The summed E-state index contributed by atoms with van der Waals surface area (Å²) in [6.45, 7) is 2.71. The Labute approximate surface area is 199 Å². The number of ether oxygens (including phenoxy) is 1. The topological polar surface area (TPSA) is 79.0 Å². The molecule has 1 fully saturated rings. The second kappa shape index (κ2) is 11.7. The number of likely N-dealkylation sites (tertiary alicyclic amines) is 1.